The van der Waals surface area contributed by atoms with Gasteiger partial charge in [0.05, 0.1) is 17.1 Å². The Morgan fingerprint density at radius 3 is 2.21 bits per heavy atom. The minimum absolute atomic E-state index is 0.246. The molecule has 0 saturated carbocycles. The molecule has 1 heterocycles. The summed E-state index contributed by atoms with van der Waals surface area (Å²) in [5.41, 5.74) is -3.43. The van der Waals surface area contributed by atoms with Gasteiger partial charge in [0.1, 0.15) is 0 Å². The van der Waals surface area contributed by atoms with Crippen LogP contribution >= 0.6 is 11.6 Å². The van der Waals surface area contributed by atoms with Gasteiger partial charge in [-0.2, -0.15) is 13.2 Å². The number of hydrogen-bond acceptors (Lipinski definition) is 3. The number of carbonyl (C=O) groups is 1. The van der Waals surface area contributed by atoms with E-state index < -0.39 is 41.1 Å². The summed E-state index contributed by atoms with van der Waals surface area (Å²) in [6.45, 7) is 0. The number of aldehydes is 1. The molecule has 0 saturated heterocycles. The van der Waals surface area contributed by atoms with Gasteiger partial charge in [-0.15, -0.1) is 24.8 Å². The molecular weight excluding hydrogens is 304 g/mol. The van der Waals surface area contributed by atoms with Crippen LogP contribution in [0.25, 0.3) is 0 Å². The molecule has 0 amide bonds. The first-order chi connectivity index (χ1) is 8.58. The third kappa shape index (κ3) is 3.98. The van der Waals surface area contributed by atoms with E-state index in [2.05, 4.69) is 9.72 Å². The quantitative estimate of drug-likeness (QED) is 0.487. The van der Waals surface area contributed by atoms with Gasteiger partial charge in [-0.1, -0.05) is 0 Å². The van der Waals surface area contributed by atoms with Crippen molar-refractivity contribution in [1.82, 2.24) is 4.98 Å². The van der Waals surface area contributed by atoms with Gasteiger partial charge in [0, 0.05) is 11.6 Å². The fourth-order valence-electron chi connectivity index (χ4n) is 1.28. The second-order valence-electron chi connectivity index (χ2n) is 3.17. The molecule has 10 heteroatoms. The molecule has 0 aliphatic rings. The maximum Gasteiger partial charge on any atom is 0.574 e. The lowest BCUT2D eigenvalue weighted by atomic mass is 10.1. The largest absolute Gasteiger partial charge is 0.574 e. The van der Waals surface area contributed by atoms with Crippen LogP contribution in [-0.2, 0) is 12.1 Å². The first kappa shape index (κ1) is 15.5. The van der Waals surface area contributed by atoms with E-state index in [1.807, 2.05) is 0 Å². The van der Waals surface area contributed by atoms with Crippen molar-refractivity contribution < 1.29 is 35.9 Å². The predicted octanol–water partition coefficient (Wildman–Crippen LogP) is 3.55. The number of carbonyl (C=O) groups excluding carboxylic acids is 1. The first-order valence-electron chi connectivity index (χ1n) is 4.46. The summed E-state index contributed by atoms with van der Waals surface area (Å²) < 4.78 is 77.1. The minimum Gasteiger partial charge on any atom is -0.388 e. The molecule has 0 radical (unpaired) electrons. The summed E-state index contributed by atoms with van der Waals surface area (Å²) in [5.74, 6) is -2.01. The highest BCUT2D eigenvalue weighted by molar-refractivity contribution is 6.17. The Bertz CT molecular complexity index is 485. The van der Waals surface area contributed by atoms with E-state index in [1.165, 1.54) is 0 Å². The van der Waals surface area contributed by atoms with Crippen LogP contribution in [0.1, 0.15) is 21.6 Å². The average molecular weight is 308 g/mol. The van der Waals surface area contributed by atoms with Gasteiger partial charge in [0.25, 0.3) is 0 Å². The molecule has 3 nitrogen and oxygen atoms in total. The van der Waals surface area contributed by atoms with Gasteiger partial charge in [-0.25, -0.2) is 4.98 Å². The van der Waals surface area contributed by atoms with Crippen LogP contribution in [0.4, 0.5) is 26.3 Å². The van der Waals surface area contributed by atoms with Crippen molar-refractivity contribution in [3.63, 3.8) is 0 Å². The lowest BCUT2D eigenvalue weighted by Gasteiger charge is -2.15. The molecule has 0 aliphatic carbocycles. The van der Waals surface area contributed by atoms with Crippen LogP contribution in [0.2, 0.25) is 0 Å². The lowest BCUT2D eigenvalue weighted by Crippen LogP contribution is -2.20. The number of halogens is 7. The van der Waals surface area contributed by atoms with Gasteiger partial charge in [0.15, 0.2) is 6.29 Å². The van der Waals surface area contributed by atoms with Crippen LogP contribution in [0.3, 0.4) is 0 Å². The Morgan fingerprint density at radius 1 is 1.26 bits per heavy atom. The standard InChI is InChI=1S/C9H4ClF6NO2/c10-2-5-7(8(11,12)13)4(3-18)1-6(17-5)19-9(14,15)16/h1,3H,2H2. The van der Waals surface area contributed by atoms with E-state index in [1.54, 1.807) is 0 Å². The highest BCUT2D eigenvalue weighted by Crippen LogP contribution is 2.36. The molecule has 0 bridgehead atoms. The SMILES string of the molecule is O=Cc1cc(OC(F)(F)F)nc(CCl)c1C(F)(F)F. The van der Waals surface area contributed by atoms with Crippen LogP contribution in [-0.4, -0.2) is 17.6 Å². The van der Waals surface area contributed by atoms with E-state index in [0.717, 1.165) is 0 Å². The van der Waals surface area contributed by atoms with Gasteiger partial charge < -0.3 is 4.74 Å². The Kier molecular flexibility index (Phi) is 4.28. The number of hydrogen-bond donors (Lipinski definition) is 0. The maximum atomic E-state index is 12.6. The number of nitrogens with zero attached hydrogens (tertiary/aromatic N) is 1. The number of alkyl halides is 7. The number of rotatable bonds is 3. The smallest absolute Gasteiger partial charge is 0.388 e. The van der Waals surface area contributed by atoms with Crippen molar-refractivity contribution in [3.8, 4) is 5.88 Å². The highest BCUT2D eigenvalue weighted by Gasteiger charge is 2.39. The zero-order valence-electron chi connectivity index (χ0n) is 8.77. The molecule has 0 fully saturated rings. The Morgan fingerprint density at radius 2 is 1.84 bits per heavy atom. The summed E-state index contributed by atoms with van der Waals surface area (Å²) in [6, 6.07) is 0.249. The van der Waals surface area contributed by atoms with E-state index in [9.17, 15) is 31.1 Å². The van der Waals surface area contributed by atoms with Crippen molar-refractivity contribution in [1.29, 1.82) is 0 Å². The first-order valence-corrected chi connectivity index (χ1v) is 5.00. The van der Waals surface area contributed by atoms with Crippen LogP contribution in [0.15, 0.2) is 6.07 Å². The monoisotopic (exact) mass is 307 g/mol. The normalized spacial score (nSPS) is 12.4. The molecule has 0 spiro atoms. The molecule has 0 aliphatic heterocycles. The summed E-state index contributed by atoms with van der Waals surface area (Å²) in [7, 11) is 0. The molecule has 19 heavy (non-hydrogen) atoms. The van der Waals surface area contributed by atoms with E-state index in [-0.39, 0.29) is 12.4 Å². The number of pyridine rings is 1. The van der Waals surface area contributed by atoms with Crippen molar-refractivity contribution in [2.75, 3.05) is 0 Å². The zero-order valence-corrected chi connectivity index (χ0v) is 9.53. The molecular formula is C9H4ClF6NO2. The molecule has 1 rings (SSSR count). The Hall–Kier alpha value is -1.51. The van der Waals surface area contributed by atoms with Crippen molar-refractivity contribution >= 4 is 17.9 Å². The van der Waals surface area contributed by atoms with Crippen molar-refractivity contribution in [3.05, 3.63) is 22.9 Å². The summed E-state index contributed by atoms with van der Waals surface area (Å²) in [4.78, 5) is 13.6. The summed E-state index contributed by atoms with van der Waals surface area (Å²) in [6.07, 6.45) is -10.4. The van der Waals surface area contributed by atoms with Crippen LogP contribution in [0.5, 0.6) is 5.88 Å². The third-order valence-electron chi connectivity index (χ3n) is 1.86. The molecule has 1 aromatic heterocycles. The summed E-state index contributed by atoms with van der Waals surface area (Å²) in [5, 5.41) is 0. The third-order valence-corrected chi connectivity index (χ3v) is 2.11. The second-order valence-corrected chi connectivity index (χ2v) is 3.44. The summed E-state index contributed by atoms with van der Waals surface area (Å²) >= 11 is 5.20. The van der Waals surface area contributed by atoms with E-state index in [0.29, 0.717) is 0 Å². The Balaban J connectivity index is 3.41. The van der Waals surface area contributed by atoms with Crippen LogP contribution in [0, 0.1) is 0 Å². The molecule has 0 N–H and O–H groups in total. The zero-order chi connectivity index (χ0) is 14.8. The van der Waals surface area contributed by atoms with Gasteiger partial charge in [-0.05, 0) is 0 Å². The van der Waals surface area contributed by atoms with E-state index in [4.69, 9.17) is 11.6 Å². The molecule has 0 atom stereocenters. The van der Waals surface area contributed by atoms with Crippen molar-refractivity contribution in [2.45, 2.75) is 18.4 Å². The minimum atomic E-state index is -5.14. The van der Waals surface area contributed by atoms with Gasteiger partial charge >= 0.3 is 12.5 Å². The topological polar surface area (TPSA) is 39.2 Å². The maximum absolute atomic E-state index is 12.6. The second kappa shape index (κ2) is 5.24. The van der Waals surface area contributed by atoms with Gasteiger partial charge in [-0.3, -0.25) is 4.79 Å². The fourth-order valence-corrected chi connectivity index (χ4v) is 1.47. The lowest BCUT2D eigenvalue weighted by molar-refractivity contribution is -0.276. The molecule has 106 valence electrons. The fraction of sp³-hybridized carbons (Fsp3) is 0.333. The average Bonchev–Trinajstić information content (AvgIpc) is 2.23. The van der Waals surface area contributed by atoms with Crippen molar-refractivity contribution in [2.24, 2.45) is 0 Å². The molecule has 0 aromatic carbocycles. The highest BCUT2D eigenvalue weighted by atomic mass is 35.5. The number of aromatic nitrogens is 1. The van der Waals surface area contributed by atoms with Crippen LogP contribution < -0.4 is 4.74 Å². The molecule has 1 aromatic rings. The van der Waals surface area contributed by atoms with Gasteiger partial charge in [0.2, 0.25) is 5.88 Å². The number of ether oxygens (including phenoxy) is 1. The Labute approximate surface area is 107 Å². The molecule has 0 unspecified atom stereocenters. The predicted molar refractivity (Wildman–Crippen MR) is 50.9 cm³/mol. The van der Waals surface area contributed by atoms with E-state index >= 15 is 0 Å².